The highest BCUT2D eigenvalue weighted by Gasteiger charge is 2.10. The van der Waals surface area contributed by atoms with Crippen LogP contribution < -0.4 is 10.6 Å². The number of Topliss-reactive ketones (excluding diaryl/α,β-unsaturated/α-hetero) is 2. The highest BCUT2D eigenvalue weighted by molar-refractivity contribution is 6.06. The van der Waals surface area contributed by atoms with Crippen molar-refractivity contribution in [2.75, 3.05) is 10.6 Å². The minimum atomic E-state index is -0.250. The summed E-state index contributed by atoms with van der Waals surface area (Å²) in [4.78, 5) is 47.9. The zero-order valence-corrected chi connectivity index (χ0v) is 19.9. The largest absolute Gasteiger partial charge is 0.322 e. The maximum atomic E-state index is 12.6. The van der Waals surface area contributed by atoms with Crippen molar-refractivity contribution in [1.29, 1.82) is 0 Å². The van der Waals surface area contributed by atoms with Crippen molar-refractivity contribution >= 4 is 34.8 Å². The van der Waals surface area contributed by atoms with Gasteiger partial charge in [0, 0.05) is 33.6 Å². The highest BCUT2D eigenvalue weighted by Crippen LogP contribution is 2.22. The molecule has 0 heterocycles. The number of hydrogen-bond donors (Lipinski definition) is 2. The third-order valence-electron chi connectivity index (χ3n) is 5.73. The van der Waals surface area contributed by atoms with Crippen LogP contribution in [0.2, 0.25) is 0 Å². The molecule has 2 amide bonds. The van der Waals surface area contributed by atoms with Crippen LogP contribution in [0.3, 0.4) is 0 Å². The molecule has 0 aromatic heterocycles. The second kappa shape index (κ2) is 10.6. The van der Waals surface area contributed by atoms with E-state index in [-0.39, 0.29) is 23.4 Å². The molecular weight excluding hydrogens is 452 g/mol. The van der Waals surface area contributed by atoms with E-state index >= 15 is 0 Å². The molecule has 36 heavy (non-hydrogen) atoms. The molecular formula is C30H24N2O4. The summed E-state index contributed by atoms with van der Waals surface area (Å²) in [6, 6.07) is 27.8. The second-order valence-electron chi connectivity index (χ2n) is 8.33. The predicted molar refractivity (Wildman–Crippen MR) is 141 cm³/mol. The van der Waals surface area contributed by atoms with Crippen LogP contribution in [0, 0.1) is 0 Å². The van der Waals surface area contributed by atoms with Gasteiger partial charge in [0.2, 0.25) is 0 Å². The molecule has 0 saturated carbocycles. The third-order valence-corrected chi connectivity index (χ3v) is 5.73. The zero-order chi connectivity index (χ0) is 25.7. The van der Waals surface area contributed by atoms with E-state index in [1.165, 1.54) is 13.8 Å². The summed E-state index contributed by atoms with van der Waals surface area (Å²) in [7, 11) is 0. The van der Waals surface area contributed by atoms with Gasteiger partial charge < -0.3 is 10.6 Å². The average Bonchev–Trinajstić information content (AvgIpc) is 2.89. The highest BCUT2D eigenvalue weighted by atomic mass is 16.2. The third kappa shape index (κ3) is 5.80. The Hall–Kier alpha value is -4.84. The average molecular weight is 477 g/mol. The standard InChI is InChI=1S/C30H24N2O4/c1-19(33)21-11-15-27(16-12-21)31-29(35)25-7-3-23(4-8-25)24-5-9-26(10-6-24)30(36)32-28-17-13-22(14-18-28)20(2)34/h3-18H,1-2H3,(H,31,35)(H,32,36). The Morgan fingerprint density at radius 2 is 0.694 bits per heavy atom. The first-order valence-corrected chi connectivity index (χ1v) is 11.4. The van der Waals surface area contributed by atoms with Crippen LogP contribution >= 0.6 is 0 Å². The van der Waals surface area contributed by atoms with Gasteiger partial charge in [-0.1, -0.05) is 24.3 Å². The number of carbonyl (C=O) groups excluding carboxylic acids is 4. The number of hydrogen-bond acceptors (Lipinski definition) is 4. The van der Waals surface area contributed by atoms with Gasteiger partial charge in [0.05, 0.1) is 0 Å². The van der Waals surface area contributed by atoms with Crippen molar-refractivity contribution in [3.8, 4) is 11.1 Å². The fourth-order valence-corrected chi connectivity index (χ4v) is 3.61. The van der Waals surface area contributed by atoms with Gasteiger partial charge in [0.1, 0.15) is 0 Å². The van der Waals surface area contributed by atoms with Crippen LogP contribution in [-0.4, -0.2) is 23.4 Å². The van der Waals surface area contributed by atoms with Gasteiger partial charge in [-0.15, -0.1) is 0 Å². The lowest BCUT2D eigenvalue weighted by Crippen LogP contribution is -2.12. The Kier molecular flexibility index (Phi) is 7.16. The van der Waals surface area contributed by atoms with Gasteiger partial charge in [-0.3, -0.25) is 19.2 Å². The van der Waals surface area contributed by atoms with Crippen LogP contribution in [0.1, 0.15) is 55.3 Å². The van der Waals surface area contributed by atoms with Crippen LogP contribution in [0.5, 0.6) is 0 Å². The van der Waals surface area contributed by atoms with Gasteiger partial charge in [-0.25, -0.2) is 0 Å². The Bertz CT molecular complexity index is 1310. The van der Waals surface area contributed by atoms with Gasteiger partial charge in [-0.2, -0.15) is 0 Å². The maximum absolute atomic E-state index is 12.6. The molecule has 0 spiro atoms. The first-order chi connectivity index (χ1) is 17.3. The summed E-state index contributed by atoms with van der Waals surface area (Å²) < 4.78 is 0. The molecule has 6 heteroatoms. The van der Waals surface area contributed by atoms with Crippen LogP contribution in [0.15, 0.2) is 97.1 Å². The number of benzene rings is 4. The quantitative estimate of drug-likeness (QED) is 0.308. The van der Waals surface area contributed by atoms with Gasteiger partial charge >= 0.3 is 0 Å². The minimum Gasteiger partial charge on any atom is -0.322 e. The molecule has 0 fully saturated rings. The fraction of sp³-hybridized carbons (Fsp3) is 0.0667. The minimum absolute atomic E-state index is 0.0300. The molecule has 178 valence electrons. The molecule has 0 bridgehead atoms. The summed E-state index contributed by atoms with van der Waals surface area (Å²) >= 11 is 0. The maximum Gasteiger partial charge on any atom is 0.255 e. The Labute approximate surface area is 209 Å². The molecule has 0 saturated heterocycles. The zero-order valence-electron chi connectivity index (χ0n) is 19.9. The Balaban J connectivity index is 1.38. The van der Waals surface area contributed by atoms with Gasteiger partial charge in [0.25, 0.3) is 11.8 Å². The van der Waals surface area contributed by atoms with Crippen molar-refractivity contribution in [1.82, 2.24) is 0 Å². The number of ketones is 2. The SMILES string of the molecule is CC(=O)c1ccc(NC(=O)c2ccc(-c3ccc(C(=O)Nc4ccc(C(C)=O)cc4)cc3)cc2)cc1. The van der Waals surface area contributed by atoms with E-state index in [4.69, 9.17) is 0 Å². The van der Waals surface area contributed by atoms with E-state index in [2.05, 4.69) is 10.6 Å². The van der Waals surface area contributed by atoms with Crippen LogP contribution in [0.4, 0.5) is 11.4 Å². The van der Waals surface area contributed by atoms with E-state index in [0.29, 0.717) is 33.6 Å². The lowest BCUT2D eigenvalue weighted by atomic mass is 10.0. The summed E-state index contributed by atoms with van der Waals surface area (Å²) in [6.07, 6.45) is 0. The van der Waals surface area contributed by atoms with Gasteiger partial charge in [-0.05, 0) is 97.8 Å². The first-order valence-electron chi connectivity index (χ1n) is 11.4. The molecule has 4 aromatic carbocycles. The van der Waals surface area contributed by atoms with Crippen molar-refractivity contribution in [2.24, 2.45) is 0 Å². The van der Waals surface area contributed by atoms with Crippen LogP contribution in [-0.2, 0) is 0 Å². The summed E-state index contributed by atoms with van der Waals surface area (Å²) in [5.74, 6) is -0.559. The topological polar surface area (TPSA) is 92.3 Å². The Morgan fingerprint density at radius 1 is 0.417 bits per heavy atom. The van der Waals surface area contributed by atoms with E-state index in [1.54, 1.807) is 72.8 Å². The van der Waals surface area contributed by atoms with Crippen molar-refractivity contribution in [3.05, 3.63) is 119 Å². The molecule has 4 rings (SSSR count). The van der Waals surface area contributed by atoms with E-state index in [9.17, 15) is 19.2 Å². The van der Waals surface area contributed by atoms with Crippen molar-refractivity contribution in [2.45, 2.75) is 13.8 Å². The fourth-order valence-electron chi connectivity index (χ4n) is 3.61. The molecule has 6 nitrogen and oxygen atoms in total. The lowest BCUT2D eigenvalue weighted by Gasteiger charge is -2.09. The summed E-state index contributed by atoms with van der Waals surface area (Å²) in [6.45, 7) is 2.99. The lowest BCUT2D eigenvalue weighted by molar-refractivity contribution is 0.100. The molecule has 4 aromatic rings. The summed E-state index contributed by atoms with van der Waals surface area (Å²) in [5.41, 5.74) is 5.21. The Morgan fingerprint density at radius 3 is 0.972 bits per heavy atom. The molecule has 0 aliphatic heterocycles. The van der Waals surface area contributed by atoms with E-state index in [0.717, 1.165) is 11.1 Å². The molecule has 0 aliphatic rings. The van der Waals surface area contributed by atoms with Crippen LogP contribution in [0.25, 0.3) is 11.1 Å². The normalized spacial score (nSPS) is 10.4. The number of carbonyl (C=O) groups is 4. The number of amides is 2. The van der Waals surface area contributed by atoms with E-state index in [1.807, 2.05) is 24.3 Å². The molecule has 0 radical (unpaired) electrons. The van der Waals surface area contributed by atoms with Gasteiger partial charge in [0.15, 0.2) is 11.6 Å². The van der Waals surface area contributed by atoms with Crippen molar-refractivity contribution < 1.29 is 19.2 Å². The van der Waals surface area contributed by atoms with Crippen molar-refractivity contribution in [3.63, 3.8) is 0 Å². The molecule has 2 N–H and O–H groups in total. The number of rotatable bonds is 7. The smallest absolute Gasteiger partial charge is 0.255 e. The molecule has 0 atom stereocenters. The first kappa shape index (κ1) is 24.3. The molecule has 0 unspecified atom stereocenters. The predicted octanol–water partition coefficient (Wildman–Crippen LogP) is 6.26. The summed E-state index contributed by atoms with van der Waals surface area (Å²) in [5, 5.41) is 5.64. The monoisotopic (exact) mass is 476 g/mol. The number of nitrogens with one attached hydrogen (secondary N) is 2. The molecule has 0 aliphatic carbocycles. The number of anilines is 2. The van der Waals surface area contributed by atoms with E-state index < -0.39 is 0 Å². The second-order valence-corrected chi connectivity index (χ2v) is 8.33.